The first kappa shape index (κ1) is 21.7. The summed E-state index contributed by atoms with van der Waals surface area (Å²) in [5.41, 5.74) is 8.18. The van der Waals surface area contributed by atoms with E-state index in [1.807, 2.05) is 60.5 Å². The van der Waals surface area contributed by atoms with Gasteiger partial charge in [-0.05, 0) is 62.2 Å². The van der Waals surface area contributed by atoms with Crippen molar-refractivity contribution in [1.82, 2.24) is 15.4 Å². The van der Waals surface area contributed by atoms with E-state index in [9.17, 15) is 10.4 Å². The fourth-order valence-corrected chi connectivity index (χ4v) is 4.24. The van der Waals surface area contributed by atoms with E-state index in [1.165, 1.54) is 0 Å². The molecule has 3 N–H and O–H groups in total. The molecule has 1 unspecified atom stereocenters. The Bertz CT molecular complexity index is 1250. The maximum atomic E-state index is 10.1. The van der Waals surface area contributed by atoms with Crippen molar-refractivity contribution in [2.24, 2.45) is 4.99 Å². The molecule has 2 aliphatic heterocycles. The Morgan fingerprint density at radius 1 is 1.18 bits per heavy atom. The number of nitrogens with zero attached hydrogens (tertiary/aromatic N) is 6. The third-order valence-electron chi connectivity index (χ3n) is 5.99. The number of nitriles is 1. The molecule has 9 nitrogen and oxygen atoms in total. The standard InChI is InChI=1S/C25H26N8O/c1-17-28-16-33(31-17)21-8-6-20(7-9-21)29-25-27-11-10-23(30-25)18-4-5-19(14-26)24(13-18)32-12-2-3-22(34)15-32/h4-11,13,22,34H,2-3,12,15-16H2,1H3,(H,28,31)(H,27,29,30). The Balaban J connectivity index is 1.35. The van der Waals surface area contributed by atoms with E-state index in [2.05, 4.69) is 31.7 Å². The summed E-state index contributed by atoms with van der Waals surface area (Å²) < 4.78 is 0. The number of β-amino-alcohol motifs (C(OH)–C–C–N with tert-alkyl or cyclic N) is 1. The third-order valence-corrected chi connectivity index (χ3v) is 5.99. The van der Waals surface area contributed by atoms with Crippen molar-refractivity contribution in [2.75, 3.05) is 35.0 Å². The molecule has 172 valence electrons. The van der Waals surface area contributed by atoms with Crippen molar-refractivity contribution >= 4 is 28.8 Å². The van der Waals surface area contributed by atoms with E-state index >= 15 is 0 Å². The highest BCUT2D eigenvalue weighted by atomic mass is 16.3. The number of anilines is 4. The van der Waals surface area contributed by atoms with Gasteiger partial charge in [0.2, 0.25) is 5.95 Å². The molecule has 0 radical (unpaired) electrons. The van der Waals surface area contributed by atoms with Gasteiger partial charge in [-0.25, -0.2) is 15.0 Å². The van der Waals surface area contributed by atoms with Crippen molar-refractivity contribution < 1.29 is 5.11 Å². The highest BCUT2D eigenvalue weighted by Gasteiger charge is 2.21. The average molecular weight is 455 g/mol. The number of hydrogen-bond donors (Lipinski definition) is 3. The summed E-state index contributed by atoms with van der Waals surface area (Å²) in [6.07, 6.45) is 3.04. The van der Waals surface area contributed by atoms with Gasteiger partial charge in [-0.3, -0.25) is 10.4 Å². The van der Waals surface area contributed by atoms with E-state index in [0.717, 1.165) is 53.5 Å². The first-order chi connectivity index (χ1) is 16.6. The summed E-state index contributed by atoms with van der Waals surface area (Å²) in [7, 11) is 0. The van der Waals surface area contributed by atoms with E-state index in [0.29, 0.717) is 24.7 Å². The van der Waals surface area contributed by atoms with Gasteiger partial charge in [0.1, 0.15) is 18.6 Å². The van der Waals surface area contributed by atoms with Gasteiger partial charge in [0.15, 0.2) is 0 Å². The number of aliphatic imine (C=N–C) groups is 1. The van der Waals surface area contributed by atoms with E-state index in [-0.39, 0.29) is 6.10 Å². The largest absolute Gasteiger partial charge is 0.391 e. The van der Waals surface area contributed by atoms with Crippen LogP contribution in [0.25, 0.3) is 11.3 Å². The van der Waals surface area contributed by atoms with Gasteiger partial charge in [0.25, 0.3) is 0 Å². The predicted molar refractivity (Wildman–Crippen MR) is 133 cm³/mol. The van der Waals surface area contributed by atoms with E-state index in [1.54, 1.807) is 6.20 Å². The predicted octanol–water partition coefficient (Wildman–Crippen LogP) is 3.42. The van der Waals surface area contributed by atoms with Crippen LogP contribution in [0, 0.1) is 11.3 Å². The van der Waals surface area contributed by atoms with E-state index in [4.69, 9.17) is 4.98 Å². The second-order valence-corrected chi connectivity index (χ2v) is 8.45. The number of nitrogens with one attached hydrogen (secondary N) is 2. The lowest BCUT2D eigenvalue weighted by Crippen LogP contribution is -2.38. The van der Waals surface area contributed by atoms with Crippen LogP contribution in [-0.2, 0) is 0 Å². The zero-order chi connectivity index (χ0) is 23.5. The SMILES string of the molecule is CC1=NCN(c2ccc(Nc3nccc(-c4ccc(C#N)c(N5CCCC(O)C5)c4)n3)cc2)N1. The van der Waals surface area contributed by atoms with Crippen molar-refractivity contribution in [3.63, 3.8) is 0 Å². The molecule has 3 heterocycles. The number of hydrogen-bond acceptors (Lipinski definition) is 9. The third kappa shape index (κ3) is 4.63. The zero-order valence-electron chi connectivity index (χ0n) is 18.9. The van der Waals surface area contributed by atoms with Crippen LogP contribution in [0.1, 0.15) is 25.3 Å². The zero-order valence-corrected chi connectivity index (χ0v) is 18.9. The number of hydrazine groups is 1. The number of aromatic nitrogens is 2. The van der Waals surface area contributed by atoms with Crippen LogP contribution < -0.4 is 20.7 Å². The van der Waals surface area contributed by atoms with Gasteiger partial charge in [-0.1, -0.05) is 6.07 Å². The lowest BCUT2D eigenvalue weighted by Gasteiger charge is -2.32. The first-order valence-corrected chi connectivity index (χ1v) is 11.3. The molecule has 2 aliphatic rings. The Morgan fingerprint density at radius 2 is 2.03 bits per heavy atom. The maximum Gasteiger partial charge on any atom is 0.227 e. The molecule has 0 spiro atoms. The number of piperidine rings is 1. The van der Waals surface area contributed by atoms with Crippen molar-refractivity contribution in [3.05, 3.63) is 60.3 Å². The fourth-order valence-electron chi connectivity index (χ4n) is 4.24. The highest BCUT2D eigenvalue weighted by molar-refractivity contribution is 5.83. The van der Waals surface area contributed by atoms with Crippen molar-refractivity contribution in [3.8, 4) is 17.3 Å². The molecule has 1 saturated heterocycles. The fraction of sp³-hybridized carbons (Fsp3) is 0.280. The van der Waals surface area contributed by atoms with Crippen LogP contribution in [0.3, 0.4) is 0 Å². The van der Waals surface area contributed by atoms with Gasteiger partial charge in [0, 0.05) is 30.5 Å². The van der Waals surface area contributed by atoms with Crippen LogP contribution in [0.5, 0.6) is 0 Å². The topological polar surface area (TPSA) is 113 Å². The van der Waals surface area contributed by atoms with Crippen LogP contribution in [0.2, 0.25) is 0 Å². The van der Waals surface area contributed by atoms with Gasteiger partial charge >= 0.3 is 0 Å². The second-order valence-electron chi connectivity index (χ2n) is 8.45. The molecule has 1 atom stereocenters. The molecule has 0 saturated carbocycles. The molecule has 34 heavy (non-hydrogen) atoms. The van der Waals surface area contributed by atoms with Gasteiger partial charge in [-0.2, -0.15) is 5.26 Å². The second kappa shape index (κ2) is 9.37. The Kier molecular flexibility index (Phi) is 5.97. The quantitative estimate of drug-likeness (QED) is 0.538. The van der Waals surface area contributed by atoms with Crippen molar-refractivity contribution in [1.29, 1.82) is 5.26 Å². The summed E-state index contributed by atoms with van der Waals surface area (Å²) in [6.45, 7) is 3.88. The van der Waals surface area contributed by atoms with Crippen LogP contribution in [0.4, 0.5) is 23.0 Å². The molecule has 2 aromatic carbocycles. The minimum Gasteiger partial charge on any atom is -0.391 e. The average Bonchev–Trinajstić information content (AvgIpc) is 3.30. The smallest absolute Gasteiger partial charge is 0.227 e. The Morgan fingerprint density at radius 3 is 2.76 bits per heavy atom. The first-order valence-electron chi connectivity index (χ1n) is 11.3. The molecule has 3 aromatic rings. The molecule has 0 amide bonds. The van der Waals surface area contributed by atoms with Crippen LogP contribution in [0.15, 0.2) is 59.7 Å². The lowest BCUT2D eigenvalue weighted by atomic mass is 10.0. The van der Waals surface area contributed by atoms with Crippen LogP contribution in [-0.4, -0.2) is 46.8 Å². The van der Waals surface area contributed by atoms with Gasteiger partial charge < -0.3 is 15.3 Å². The molecule has 1 aromatic heterocycles. The molecule has 0 bridgehead atoms. The molecule has 5 rings (SSSR count). The maximum absolute atomic E-state index is 10.1. The summed E-state index contributed by atoms with van der Waals surface area (Å²) >= 11 is 0. The molecular formula is C25H26N8O. The monoisotopic (exact) mass is 454 g/mol. The normalized spacial score (nSPS) is 17.7. The molecular weight excluding hydrogens is 428 g/mol. The van der Waals surface area contributed by atoms with Gasteiger partial charge in [0.05, 0.1) is 28.7 Å². The number of amidine groups is 1. The number of benzene rings is 2. The van der Waals surface area contributed by atoms with Gasteiger partial charge in [-0.15, -0.1) is 0 Å². The lowest BCUT2D eigenvalue weighted by molar-refractivity contribution is 0.154. The van der Waals surface area contributed by atoms with Crippen LogP contribution >= 0.6 is 0 Å². The van der Waals surface area contributed by atoms with E-state index < -0.39 is 0 Å². The number of aliphatic hydroxyl groups is 1. The summed E-state index contributed by atoms with van der Waals surface area (Å²) in [5, 5.41) is 24.9. The summed E-state index contributed by atoms with van der Waals surface area (Å²) in [4.78, 5) is 15.5. The Labute approximate surface area is 198 Å². The Hall–Kier alpha value is -4.16. The van der Waals surface area contributed by atoms with Crippen molar-refractivity contribution in [2.45, 2.75) is 25.9 Å². The minimum atomic E-state index is -0.372. The summed E-state index contributed by atoms with van der Waals surface area (Å²) in [5.74, 6) is 1.39. The molecule has 1 fully saturated rings. The number of aliphatic hydroxyl groups excluding tert-OH is 1. The molecule has 9 heteroatoms. The molecule has 0 aliphatic carbocycles. The highest BCUT2D eigenvalue weighted by Crippen LogP contribution is 2.30. The minimum absolute atomic E-state index is 0.372. The number of rotatable bonds is 5. The summed E-state index contributed by atoms with van der Waals surface area (Å²) in [6, 6.07) is 17.8.